The van der Waals surface area contributed by atoms with E-state index in [-0.39, 0.29) is 36.2 Å². The zero-order valence-corrected chi connectivity index (χ0v) is 16.1. The molecule has 0 saturated heterocycles. The Morgan fingerprint density at radius 3 is 2.68 bits per heavy atom. The van der Waals surface area contributed by atoms with Crippen LogP contribution in [-0.2, 0) is 22.9 Å². The van der Waals surface area contributed by atoms with Gasteiger partial charge in [0.25, 0.3) is 11.6 Å². The lowest BCUT2D eigenvalue weighted by molar-refractivity contribution is -0.622. The molecule has 1 atom stereocenters. The van der Waals surface area contributed by atoms with E-state index in [0.717, 1.165) is 6.07 Å². The second-order valence-corrected chi connectivity index (χ2v) is 7.25. The second kappa shape index (κ2) is 6.40. The molecule has 1 spiro atoms. The topological polar surface area (TPSA) is 78.9 Å². The summed E-state index contributed by atoms with van der Waals surface area (Å²) in [4.78, 5) is 15.0. The molecular formula is C21H15F3N2O5. The largest absolute Gasteiger partial charge is 0.616 e. The van der Waals surface area contributed by atoms with E-state index in [4.69, 9.17) is 13.9 Å². The number of anilines is 1. The Hall–Kier alpha value is -3.69. The fourth-order valence-electron chi connectivity index (χ4n) is 4.23. The number of nitrogens with zero attached hydrogens (tertiary/aromatic N) is 2. The van der Waals surface area contributed by atoms with Crippen molar-refractivity contribution >= 4 is 11.6 Å². The fourth-order valence-corrected chi connectivity index (χ4v) is 4.23. The SMILES string of the molecule is COc1ccc2c([n+]1[O-])C1(CO2)C(=O)N(Cc2ccc(C(F)(F)F)o2)c2ccccc21. The number of rotatable bonds is 3. The number of methoxy groups -OCH3 is 1. The van der Waals surface area contributed by atoms with Gasteiger partial charge in [-0.15, -0.1) is 4.73 Å². The highest BCUT2D eigenvalue weighted by Crippen LogP contribution is 2.51. The van der Waals surface area contributed by atoms with Crippen molar-refractivity contribution in [1.29, 1.82) is 0 Å². The van der Waals surface area contributed by atoms with Gasteiger partial charge < -0.3 is 24.0 Å². The van der Waals surface area contributed by atoms with E-state index in [9.17, 15) is 23.2 Å². The third-order valence-electron chi connectivity index (χ3n) is 5.59. The Morgan fingerprint density at radius 2 is 1.97 bits per heavy atom. The highest BCUT2D eigenvalue weighted by Gasteiger charge is 2.62. The molecule has 4 heterocycles. The summed E-state index contributed by atoms with van der Waals surface area (Å²) in [6, 6.07) is 11.8. The minimum Gasteiger partial charge on any atom is -0.616 e. The number of aromatic nitrogens is 1. The number of pyridine rings is 1. The molecule has 0 radical (unpaired) electrons. The van der Waals surface area contributed by atoms with E-state index in [0.29, 0.717) is 16.0 Å². The van der Waals surface area contributed by atoms with Crippen molar-refractivity contribution in [2.75, 3.05) is 18.6 Å². The van der Waals surface area contributed by atoms with Crippen LogP contribution < -0.4 is 19.1 Å². The molecule has 5 rings (SSSR count). The Balaban J connectivity index is 1.63. The lowest BCUT2D eigenvalue weighted by Gasteiger charge is -2.21. The van der Waals surface area contributed by atoms with Crippen molar-refractivity contribution in [2.45, 2.75) is 18.1 Å². The van der Waals surface area contributed by atoms with Gasteiger partial charge in [-0.1, -0.05) is 18.2 Å². The van der Waals surface area contributed by atoms with Crippen LogP contribution in [0.3, 0.4) is 0 Å². The Morgan fingerprint density at radius 1 is 1.19 bits per heavy atom. The van der Waals surface area contributed by atoms with Crippen LogP contribution in [0.1, 0.15) is 22.8 Å². The number of ether oxygens (including phenoxy) is 2. The standard InChI is InChI=1S/C21H15F3N2O5/c1-29-17-9-7-15-18(26(17)28)20(11-30-15)13-4-2-3-5-14(13)25(19(20)27)10-12-6-8-16(31-12)21(22,23)24/h2-9H,10-11H2,1H3. The molecule has 10 heteroatoms. The van der Waals surface area contributed by atoms with Crippen molar-refractivity contribution in [3.63, 3.8) is 0 Å². The lowest BCUT2D eigenvalue weighted by atomic mass is 9.80. The molecule has 7 nitrogen and oxygen atoms in total. The van der Waals surface area contributed by atoms with Crippen molar-refractivity contribution in [1.82, 2.24) is 0 Å². The van der Waals surface area contributed by atoms with E-state index < -0.39 is 23.3 Å². The summed E-state index contributed by atoms with van der Waals surface area (Å²) in [7, 11) is 1.34. The van der Waals surface area contributed by atoms with Crippen LogP contribution >= 0.6 is 0 Å². The van der Waals surface area contributed by atoms with Crippen LogP contribution in [0.2, 0.25) is 0 Å². The van der Waals surface area contributed by atoms with E-state index in [1.54, 1.807) is 30.3 Å². The highest BCUT2D eigenvalue weighted by molar-refractivity contribution is 6.10. The Labute approximate surface area is 173 Å². The van der Waals surface area contributed by atoms with Gasteiger partial charge in [0, 0.05) is 11.3 Å². The molecule has 1 amide bonds. The van der Waals surface area contributed by atoms with Crippen LogP contribution in [0.4, 0.5) is 18.9 Å². The van der Waals surface area contributed by atoms with Gasteiger partial charge in [0.2, 0.25) is 5.76 Å². The molecule has 1 aromatic carbocycles. The molecule has 0 bridgehead atoms. The number of para-hydroxylation sites is 1. The summed E-state index contributed by atoms with van der Waals surface area (Å²) in [5.41, 5.74) is -0.361. The average molecular weight is 432 g/mol. The number of benzene rings is 1. The molecule has 0 fully saturated rings. The number of alkyl halides is 3. The second-order valence-electron chi connectivity index (χ2n) is 7.25. The van der Waals surface area contributed by atoms with E-state index in [1.807, 2.05) is 0 Å². The van der Waals surface area contributed by atoms with Crippen molar-refractivity contribution in [2.24, 2.45) is 0 Å². The molecule has 0 saturated carbocycles. The van der Waals surface area contributed by atoms with Gasteiger partial charge >= 0.3 is 12.1 Å². The highest BCUT2D eigenvalue weighted by atomic mass is 19.4. The number of carbonyl (C=O) groups excluding carboxylic acids is 1. The maximum Gasteiger partial charge on any atom is 0.449 e. The first kappa shape index (κ1) is 19.3. The van der Waals surface area contributed by atoms with Crippen LogP contribution in [0.5, 0.6) is 11.6 Å². The molecule has 2 aromatic heterocycles. The number of carbonyl (C=O) groups is 1. The van der Waals surface area contributed by atoms with Crippen LogP contribution in [-0.4, -0.2) is 19.6 Å². The van der Waals surface area contributed by atoms with Gasteiger partial charge in [0.05, 0.1) is 19.7 Å². The molecule has 160 valence electrons. The van der Waals surface area contributed by atoms with Crippen molar-refractivity contribution in [3.8, 4) is 11.6 Å². The molecule has 2 aliphatic rings. The van der Waals surface area contributed by atoms with E-state index in [1.165, 1.54) is 24.1 Å². The zero-order chi connectivity index (χ0) is 22.0. The summed E-state index contributed by atoms with van der Waals surface area (Å²) in [6.07, 6.45) is -4.63. The lowest BCUT2D eigenvalue weighted by Crippen LogP contribution is -2.49. The van der Waals surface area contributed by atoms with Gasteiger partial charge in [-0.05, 0) is 24.3 Å². The number of hydrogen-bond acceptors (Lipinski definition) is 5. The summed E-state index contributed by atoms with van der Waals surface area (Å²) in [5, 5.41) is 13.0. The molecule has 2 aliphatic heterocycles. The van der Waals surface area contributed by atoms with Crippen LogP contribution in [0.25, 0.3) is 0 Å². The number of hydrogen-bond donors (Lipinski definition) is 0. The zero-order valence-electron chi connectivity index (χ0n) is 16.1. The minimum atomic E-state index is -4.63. The van der Waals surface area contributed by atoms with Gasteiger partial charge in [0.1, 0.15) is 12.4 Å². The van der Waals surface area contributed by atoms with Crippen LogP contribution in [0.15, 0.2) is 52.9 Å². The summed E-state index contributed by atoms with van der Waals surface area (Å²) < 4.78 is 55.0. The third kappa shape index (κ3) is 2.60. The predicted octanol–water partition coefficient (Wildman–Crippen LogP) is 3.17. The normalized spacial score (nSPS) is 19.5. The number of furan rings is 1. The summed E-state index contributed by atoms with van der Waals surface area (Å²) >= 11 is 0. The van der Waals surface area contributed by atoms with Crippen molar-refractivity contribution in [3.05, 3.63) is 76.5 Å². The molecule has 3 aromatic rings. The Kier molecular flexibility index (Phi) is 3.98. The first-order valence-electron chi connectivity index (χ1n) is 9.28. The van der Waals surface area contributed by atoms with Crippen molar-refractivity contribution < 1.29 is 36.6 Å². The maximum absolute atomic E-state index is 13.7. The first-order valence-corrected chi connectivity index (χ1v) is 9.28. The smallest absolute Gasteiger partial charge is 0.449 e. The van der Waals surface area contributed by atoms with Gasteiger partial charge in [-0.2, -0.15) is 13.2 Å². The first-order chi connectivity index (χ1) is 14.8. The summed E-state index contributed by atoms with van der Waals surface area (Å²) in [6.45, 7) is -0.345. The quantitative estimate of drug-likeness (QED) is 0.469. The monoisotopic (exact) mass is 432 g/mol. The van der Waals surface area contributed by atoms with Gasteiger partial charge in [-0.25, -0.2) is 0 Å². The molecule has 31 heavy (non-hydrogen) atoms. The van der Waals surface area contributed by atoms with E-state index >= 15 is 0 Å². The maximum atomic E-state index is 13.7. The third-order valence-corrected chi connectivity index (χ3v) is 5.59. The number of amides is 1. The summed E-state index contributed by atoms with van der Waals surface area (Å²) in [5.74, 6) is -1.43. The average Bonchev–Trinajstić information content (AvgIpc) is 3.42. The molecule has 0 N–H and O–H groups in total. The number of halogens is 3. The number of fused-ring (bicyclic) bond motifs is 4. The molecule has 1 unspecified atom stereocenters. The van der Waals surface area contributed by atoms with Gasteiger partial charge in [-0.3, -0.25) is 4.79 Å². The Bertz CT molecular complexity index is 1210. The van der Waals surface area contributed by atoms with Crippen LogP contribution in [0, 0.1) is 5.21 Å². The minimum absolute atomic E-state index is 0.00629. The molecular weight excluding hydrogens is 417 g/mol. The van der Waals surface area contributed by atoms with Gasteiger partial charge in [0.15, 0.2) is 11.2 Å². The molecule has 0 aliphatic carbocycles. The van der Waals surface area contributed by atoms with E-state index in [2.05, 4.69) is 0 Å². The predicted molar refractivity (Wildman–Crippen MR) is 99.6 cm³/mol. The fraction of sp³-hybridized carbons (Fsp3) is 0.238.